The molecule has 8 aromatic rings. The Hall–Kier alpha value is -5.93. The van der Waals surface area contributed by atoms with Crippen molar-refractivity contribution in [3.63, 3.8) is 0 Å². The first-order valence-corrected chi connectivity index (χ1v) is 14.8. The van der Waals surface area contributed by atoms with Crippen molar-refractivity contribution in [3.05, 3.63) is 164 Å². The van der Waals surface area contributed by atoms with Gasteiger partial charge in [0.05, 0.1) is 0 Å². The van der Waals surface area contributed by atoms with Crippen LogP contribution in [0.25, 0.3) is 78.0 Å². The van der Waals surface area contributed by atoms with Crippen molar-refractivity contribution in [2.75, 3.05) is 0 Å². The Balaban J connectivity index is 1.23. The van der Waals surface area contributed by atoms with E-state index >= 15 is 0 Å². The minimum atomic E-state index is 0.659. The van der Waals surface area contributed by atoms with Gasteiger partial charge in [0.1, 0.15) is 0 Å². The molecule has 0 bridgehead atoms. The van der Waals surface area contributed by atoms with Crippen LogP contribution in [0.1, 0.15) is 0 Å². The van der Waals surface area contributed by atoms with Crippen molar-refractivity contribution < 1.29 is 0 Å². The molecule has 0 saturated heterocycles. The number of aromatic nitrogens is 3. The second-order valence-electron chi connectivity index (χ2n) is 10.9. The SMILES string of the molecule is c1ccc(-c2nc(-c3ccccc3)nc(-c3ccc(-c4ccc(-c5ccc6ccccc6c5)cc4)c4ccccc34)n2)cc1. The molecule has 3 nitrogen and oxygen atoms in total. The summed E-state index contributed by atoms with van der Waals surface area (Å²) in [5.74, 6) is 1.98. The molecule has 3 heteroatoms. The Morgan fingerprint density at radius 2 is 0.750 bits per heavy atom. The van der Waals surface area contributed by atoms with Gasteiger partial charge in [0.15, 0.2) is 17.5 Å². The van der Waals surface area contributed by atoms with Gasteiger partial charge < -0.3 is 0 Å². The first-order chi connectivity index (χ1) is 21.8. The summed E-state index contributed by atoms with van der Waals surface area (Å²) in [7, 11) is 0. The van der Waals surface area contributed by atoms with E-state index in [1.165, 1.54) is 33.0 Å². The molecule has 0 fully saturated rings. The summed E-state index contributed by atoms with van der Waals surface area (Å²) < 4.78 is 0. The fourth-order valence-electron chi connectivity index (χ4n) is 5.89. The smallest absolute Gasteiger partial charge is 0.164 e. The van der Waals surface area contributed by atoms with Crippen LogP contribution in [-0.4, -0.2) is 15.0 Å². The average molecular weight is 562 g/mol. The van der Waals surface area contributed by atoms with Crippen LogP contribution in [0.5, 0.6) is 0 Å². The van der Waals surface area contributed by atoms with Crippen LogP contribution >= 0.6 is 0 Å². The van der Waals surface area contributed by atoms with E-state index in [9.17, 15) is 0 Å². The van der Waals surface area contributed by atoms with Gasteiger partial charge in [0, 0.05) is 16.7 Å². The Labute approximate surface area is 256 Å². The molecule has 7 aromatic carbocycles. The van der Waals surface area contributed by atoms with Gasteiger partial charge in [-0.15, -0.1) is 0 Å². The third kappa shape index (κ3) is 4.81. The highest BCUT2D eigenvalue weighted by Gasteiger charge is 2.16. The second kappa shape index (κ2) is 11.0. The number of benzene rings is 7. The zero-order chi connectivity index (χ0) is 29.3. The normalized spacial score (nSPS) is 11.2. The first-order valence-electron chi connectivity index (χ1n) is 14.8. The molecule has 8 rings (SSSR count). The molecular weight excluding hydrogens is 534 g/mol. The fraction of sp³-hybridized carbons (Fsp3) is 0. The maximum Gasteiger partial charge on any atom is 0.164 e. The molecule has 0 saturated carbocycles. The number of rotatable bonds is 5. The summed E-state index contributed by atoms with van der Waals surface area (Å²) in [6, 6.07) is 57.1. The highest BCUT2D eigenvalue weighted by atomic mass is 15.0. The van der Waals surface area contributed by atoms with Crippen LogP contribution in [0.4, 0.5) is 0 Å². The molecule has 0 radical (unpaired) electrons. The van der Waals surface area contributed by atoms with Crippen LogP contribution in [0.2, 0.25) is 0 Å². The van der Waals surface area contributed by atoms with Crippen molar-refractivity contribution in [1.29, 1.82) is 0 Å². The van der Waals surface area contributed by atoms with Crippen LogP contribution < -0.4 is 0 Å². The maximum atomic E-state index is 5.00. The third-order valence-electron chi connectivity index (χ3n) is 8.14. The van der Waals surface area contributed by atoms with E-state index in [0.29, 0.717) is 17.5 Å². The predicted molar refractivity (Wildman–Crippen MR) is 182 cm³/mol. The summed E-state index contributed by atoms with van der Waals surface area (Å²) in [6.07, 6.45) is 0. The molecule has 0 unspecified atom stereocenters. The van der Waals surface area contributed by atoms with Crippen molar-refractivity contribution in [2.45, 2.75) is 0 Å². The van der Waals surface area contributed by atoms with Gasteiger partial charge in [-0.1, -0.05) is 152 Å². The van der Waals surface area contributed by atoms with Crippen molar-refractivity contribution in [1.82, 2.24) is 15.0 Å². The van der Waals surface area contributed by atoms with Crippen molar-refractivity contribution in [3.8, 4) is 56.4 Å². The van der Waals surface area contributed by atoms with Gasteiger partial charge in [-0.05, 0) is 55.9 Å². The number of hydrogen-bond acceptors (Lipinski definition) is 3. The molecule has 206 valence electrons. The lowest BCUT2D eigenvalue weighted by Crippen LogP contribution is -2.00. The second-order valence-corrected chi connectivity index (χ2v) is 10.9. The van der Waals surface area contributed by atoms with E-state index in [1.807, 2.05) is 60.7 Å². The highest BCUT2D eigenvalue weighted by molar-refractivity contribution is 6.04. The van der Waals surface area contributed by atoms with E-state index in [1.54, 1.807) is 0 Å². The van der Waals surface area contributed by atoms with E-state index in [2.05, 4.69) is 103 Å². The molecular formula is C41H27N3. The van der Waals surface area contributed by atoms with Gasteiger partial charge in [-0.3, -0.25) is 0 Å². The van der Waals surface area contributed by atoms with Crippen LogP contribution in [0, 0.1) is 0 Å². The zero-order valence-electron chi connectivity index (χ0n) is 23.9. The minimum Gasteiger partial charge on any atom is -0.208 e. The fourth-order valence-corrected chi connectivity index (χ4v) is 5.89. The Morgan fingerprint density at radius 1 is 0.273 bits per heavy atom. The van der Waals surface area contributed by atoms with Crippen LogP contribution in [0.3, 0.4) is 0 Å². The lowest BCUT2D eigenvalue weighted by molar-refractivity contribution is 1.08. The minimum absolute atomic E-state index is 0.659. The van der Waals surface area contributed by atoms with E-state index in [4.69, 9.17) is 15.0 Å². The van der Waals surface area contributed by atoms with Gasteiger partial charge >= 0.3 is 0 Å². The van der Waals surface area contributed by atoms with Crippen molar-refractivity contribution >= 4 is 21.5 Å². The molecule has 0 aliphatic carbocycles. The molecule has 0 amide bonds. The molecule has 0 atom stereocenters. The summed E-state index contributed by atoms with van der Waals surface area (Å²) in [6.45, 7) is 0. The monoisotopic (exact) mass is 561 g/mol. The summed E-state index contributed by atoms with van der Waals surface area (Å²) in [4.78, 5) is 14.9. The Kier molecular flexibility index (Phi) is 6.47. The first kappa shape index (κ1) is 25.8. The van der Waals surface area contributed by atoms with Gasteiger partial charge in [0.2, 0.25) is 0 Å². The third-order valence-corrected chi connectivity index (χ3v) is 8.14. The van der Waals surface area contributed by atoms with E-state index in [-0.39, 0.29) is 0 Å². The molecule has 0 N–H and O–H groups in total. The van der Waals surface area contributed by atoms with Gasteiger partial charge in [-0.2, -0.15) is 0 Å². The molecule has 0 aliphatic heterocycles. The van der Waals surface area contributed by atoms with Gasteiger partial charge in [-0.25, -0.2) is 15.0 Å². The molecule has 1 heterocycles. The molecule has 1 aromatic heterocycles. The lowest BCUT2D eigenvalue weighted by Gasteiger charge is -2.13. The quantitative estimate of drug-likeness (QED) is 0.210. The van der Waals surface area contributed by atoms with Crippen LogP contribution in [-0.2, 0) is 0 Å². The van der Waals surface area contributed by atoms with Crippen LogP contribution in [0.15, 0.2) is 164 Å². The number of fused-ring (bicyclic) bond motifs is 2. The average Bonchev–Trinajstić information content (AvgIpc) is 3.11. The Bertz CT molecular complexity index is 2200. The lowest BCUT2D eigenvalue weighted by atomic mass is 9.93. The highest BCUT2D eigenvalue weighted by Crippen LogP contribution is 2.36. The molecule has 0 spiro atoms. The van der Waals surface area contributed by atoms with E-state index in [0.717, 1.165) is 27.5 Å². The Morgan fingerprint density at radius 3 is 1.41 bits per heavy atom. The summed E-state index contributed by atoms with van der Waals surface area (Å²) in [5, 5.41) is 4.77. The van der Waals surface area contributed by atoms with Gasteiger partial charge in [0.25, 0.3) is 0 Å². The molecule has 0 aliphatic rings. The topological polar surface area (TPSA) is 38.7 Å². The summed E-state index contributed by atoms with van der Waals surface area (Å²) in [5.41, 5.74) is 7.66. The van der Waals surface area contributed by atoms with E-state index < -0.39 is 0 Å². The standard InChI is InChI=1S/C41H27N3/c1-3-12-31(13-4-1)39-42-40(32-14-5-2-6-15-32)44-41(43-39)38-26-25-35(36-17-9-10-18-37(36)38)30-22-19-29(20-23-30)34-24-21-28-11-7-8-16-33(28)27-34/h1-27H. The number of hydrogen-bond donors (Lipinski definition) is 0. The largest absolute Gasteiger partial charge is 0.208 e. The maximum absolute atomic E-state index is 5.00. The predicted octanol–water partition coefficient (Wildman–Crippen LogP) is 10.5. The molecule has 44 heavy (non-hydrogen) atoms. The number of nitrogens with zero attached hydrogens (tertiary/aromatic N) is 3. The van der Waals surface area contributed by atoms with Crippen molar-refractivity contribution in [2.24, 2.45) is 0 Å². The zero-order valence-corrected chi connectivity index (χ0v) is 23.9. The summed E-state index contributed by atoms with van der Waals surface area (Å²) >= 11 is 0.